The van der Waals surface area contributed by atoms with E-state index in [0.717, 1.165) is 25.8 Å². The molecule has 0 bridgehead atoms. The van der Waals surface area contributed by atoms with Gasteiger partial charge in [0.2, 0.25) is 5.89 Å². The number of hydrogen-bond donors (Lipinski definition) is 1. The summed E-state index contributed by atoms with van der Waals surface area (Å²) in [6.07, 6.45) is 3.95. The molecule has 3 rings (SSSR count). The van der Waals surface area contributed by atoms with E-state index in [1.165, 1.54) is 0 Å². The van der Waals surface area contributed by atoms with Crippen LogP contribution in [0.1, 0.15) is 43.4 Å². The molecule has 2 saturated heterocycles. The lowest BCUT2D eigenvalue weighted by Crippen LogP contribution is -2.19. The molecule has 2 unspecified atom stereocenters. The van der Waals surface area contributed by atoms with E-state index in [4.69, 9.17) is 4.52 Å². The average Bonchev–Trinajstić information content (AvgIpc) is 3.02. The van der Waals surface area contributed by atoms with E-state index in [-0.39, 0.29) is 11.3 Å². The minimum absolute atomic E-state index is 0.169. The first-order valence-electron chi connectivity index (χ1n) is 6.42. The molecule has 0 spiro atoms. The number of aromatic nitrogens is 2. The molecule has 1 aromatic heterocycles. The van der Waals surface area contributed by atoms with Gasteiger partial charge in [-0.2, -0.15) is 4.98 Å². The summed E-state index contributed by atoms with van der Waals surface area (Å²) in [6.45, 7) is 0.978. The summed E-state index contributed by atoms with van der Waals surface area (Å²) in [4.78, 5) is 4.32. The molecule has 2 aliphatic rings. The minimum Gasteiger partial charge on any atom is -0.339 e. The summed E-state index contributed by atoms with van der Waals surface area (Å²) in [5.41, 5.74) is 0. The molecule has 2 atom stereocenters. The standard InChI is InChI=1S/C11H17N3O3S/c15-18(16)6-2-3-8(18)7-10-13-11(14-17-10)9-4-1-5-12-9/h8-9,12H,1-7H2. The van der Waals surface area contributed by atoms with Crippen LogP contribution in [0.15, 0.2) is 4.52 Å². The van der Waals surface area contributed by atoms with Crippen molar-refractivity contribution in [1.29, 1.82) is 0 Å². The number of hydrogen-bond acceptors (Lipinski definition) is 6. The van der Waals surface area contributed by atoms with Crippen LogP contribution in [-0.2, 0) is 16.3 Å². The Hall–Kier alpha value is -0.950. The van der Waals surface area contributed by atoms with Gasteiger partial charge >= 0.3 is 0 Å². The first-order chi connectivity index (χ1) is 8.65. The van der Waals surface area contributed by atoms with Crippen LogP contribution in [0.4, 0.5) is 0 Å². The van der Waals surface area contributed by atoms with E-state index in [9.17, 15) is 8.42 Å². The third kappa shape index (κ3) is 2.29. The largest absolute Gasteiger partial charge is 0.339 e. The maximum absolute atomic E-state index is 11.7. The number of nitrogens with one attached hydrogen (secondary N) is 1. The molecule has 0 saturated carbocycles. The molecular weight excluding hydrogens is 254 g/mol. The Kier molecular flexibility index (Phi) is 3.11. The second-order valence-electron chi connectivity index (χ2n) is 5.03. The Balaban J connectivity index is 1.70. The van der Waals surface area contributed by atoms with Crippen LogP contribution in [0.25, 0.3) is 0 Å². The van der Waals surface area contributed by atoms with Crippen LogP contribution in [0.3, 0.4) is 0 Å². The maximum atomic E-state index is 11.7. The van der Waals surface area contributed by atoms with Gasteiger partial charge in [-0.3, -0.25) is 0 Å². The second-order valence-corrected chi connectivity index (χ2v) is 7.43. The Bertz CT molecular complexity index is 519. The number of rotatable bonds is 3. The minimum atomic E-state index is -2.94. The Labute approximate surface area is 106 Å². The molecule has 2 fully saturated rings. The van der Waals surface area contributed by atoms with Crippen LogP contribution in [-0.4, -0.2) is 36.1 Å². The molecular formula is C11H17N3O3S. The summed E-state index contributed by atoms with van der Waals surface area (Å²) >= 11 is 0. The predicted octanol–water partition coefficient (Wildman–Crippen LogP) is 0.614. The zero-order valence-corrected chi connectivity index (χ0v) is 10.9. The van der Waals surface area contributed by atoms with Crippen molar-refractivity contribution in [3.63, 3.8) is 0 Å². The van der Waals surface area contributed by atoms with Gasteiger partial charge in [-0.15, -0.1) is 0 Å². The van der Waals surface area contributed by atoms with Gasteiger partial charge in [-0.05, 0) is 32.2 Å². The summed E-state index contributed by atoms with van der Waals surface area (Å²) in [6, 6.07) is 0.169. The molecule has 0 aliphatic carbocycles. The lowest BCUT2D eigenvalue weighted by molar-refractivity contribution is 0.365. The molecule has 1 aromatic rings. The van der Waals surface area contributed by atoms with Crippen molar-refractivity contribution in [2.24, 2.45) is 0 Å². The number of sulfone groups is 1. The third-order valence-corrected chi connectivity index (χ3v) is 6.00. The van der Waals surface area contributed by atoms with Gasteiger partial charge < -0.3 is 9.84 Å². The summed E-state index contributed by atoms with van der Waals surface area (Å²) in [7, 11) is -2.94. The Morgan fingerprint density at radius 3 is 2.89 bits per heavy atom. The zero-order chi connectivity index (χ0) is 12.6. The smallest absolute Gasteiger partial charge is 0.228 e. The van der Waals surface area contributed by atoms with Crippen LogP contribution < -0.4 is 5.32 Å². The quantitative estimate of drug-likeness (QED) is 0.867. The molecule has 3 heterocycles. The molecule has 0 amide bonds. The Morgan fingerprint density at radius 1 is 1.33 bits per heavy atom. The highest BCUT2D eigenvalue weighted by atomic mass is 32.2. The van der Waals surface area contributed by atoms with Crippen LogP contribution >= 0.6 is 0 Å². The van der Waals surface area contributed by atoms with Gasteiger partial charge in [0.05, 0.1) is 17.0 Å². The number of nitrogens with zero attached hydrogens (tertiary/aromatic N) is 2. The highest BCUT2D eigenvalue weighted by molar-refractivity contribution is 7.92. The normalized spacial score (nSPS) is 30.9. The van der Waals surface area contributed by atoms with Crippen molar-refractivity contribution in [1.82, 2.24) is 15.5 Å². The van der Waals surface area contributed by atoms with Crippen LogP contribution in [0.2, 0.25) is 0 Å². The fourth-order valence-corrected chi connectivity index (χ4v) is 4.50. The van der Waals surface area contributed by atoms with E-state index in [1.807, 2.05) is 0 Å². The molecule has 6 nitrogen and oxygen atoms in total. The third-order valence-electron chi connectivity index (χ3n) is 3.72. The van der Waals surface area contributed by atoms with Crippen LogP contribution in [0.5, 0.6) is 0 Å². The van der Waals surface area contributed by atoms with E-state index >= 15 is 0 Å². The maximum Gasteiger partial charge on any atom is 0.228 e. The molecule has 1 N–H and O–H groups in total. The van der Waals surface area contributed by atoms with E-state index in [2.05, 4.69) is 15.5 Å². The monoisotopic (exact) mass is 271 g/mol. The lowest BCUT2D eigenvalue weighted by Gasteiger charge is -2.04. The first kappa shape index (κ1) is 12.1. The van der Waals surface area contributed by atoms with Crippen molar-refractivity contribution < 1.29 is 12.9 Å². The molecule has 7 heteroatoms. The fraction of sp³-hybridized carbons (Fsp3) is 0.818. The lowest BCUT2D eigenvalue weighted by atomic mass is 10.2. The SMILES string of the molecule is O=S1(=O)CCCC1Cc1nc(C2CCCN2)no1. The summed E-state index contributed by atoms with van der Waals surface area (Å²) < 4.78 is 28.6. The van der Waals surface area contributed by atoms with E-state index < -0.39 is 9.84 Å². The van der Waals surface area contributed by atoms with E-state index in [0.29, 0.717) is 30.3 Å². The summed E-state index contributed by atoms with van der Waals surface area (Å²) in [5.74, 6) is 1.41. The average molecular weight is 271 g/mol. The van der Waals surface area contributed by atoms with Gasteiger partial charge in [-0.1, -0.05) is 5.16 Å². The molecule has 100 valence electrons. The molecule has 0 aromatic carbocycles. The zero-order valence-electron chi connectivity index (χ0n) is 10.1. The predicted molar refractivity (Wildman–Crippen MR) is 64.8 cm³/mol. The van der Waals surface area contributed by atoms with Crippen molar-refractivity contribution in [3.05, 3.63) is 11.7 Å². The fourth-order valence-electron chi connectivity index (χ4n) is 2.68. The summed E-state index contributed by atoms with van der Waals surface area (Å²) in [5, 5.41) is 6.91. The van der Waals surface area contributed by atoms with Crippen LogP contribution in [0, 0.1) is 0 Å². The first-order valence-corrected chi connectivity index (χ1v) is 8.14. The highest BCUT2D eigenvalue weighted by Gasteiger charge is 2.33. The van der Waals surface area contributed by atoms with Gasteiger partial charge in [0.25, 0.3) is 0 Å². The van der Waals surface area contributed by atoms with Gasteiger partial charge in [0.15, 0.2) is 15.7 Å². The van der Waals surface area contributed by atoms with E-state index in [1.54, 1.807) is 0 Å². The Morgan fingerprint density at radius 2 is 2.22 bits per heavy atom. The molecule has 0 radical (unpaired) electrons. The van der Waals surface area contributed by atoms with Gasteiger partial charge in [0, 0.05) is 6.42 Å². The second kappa shape index (κ2) is 4.62. The molecule has 2 aliphatic heterocycles. The van der Waals surface area contributed by atoms with Crippen molar-refractivity contribution in [2.45, 2.75) is 43.4 Å². The van der Waals surface area contributed by atoms with Gasteiger partial charge in [0.1, 0.15) is 0 Å². The van der Waals surface area contributed by atoms with Crippen molar-refractivity contribution >= 4 is 9.84 Å². The van der Waals surface area contributed by atoms with Crippen molar-refractivity contribution in [3.8, 4) is 0 Å². The highest BCUT2D eigenvalue weighted by Crippen LogP contribution is 2.25. The molecule has 18 heavy (non-hydrogen) atoms. The van der Waals surface area contributed by atoms with Gasteiger partial charge in [-0.25, -0.2) is 8.42 Å². The topological polar surface area (TPSA) is 85.1 Å². The van der Waals surface area contributed by atoms with Crippen molar-refractivity contribution in [2.75, 3.05) is 12.3 Å².